The maximum atomic E-state index is 12.4. The average Bonchev–Trinajstić information content (AvgIpc) is 2.53. The molecule has 1 unspecified atom stereocenters. The molecule has 6 nitrogen and oxygen atoms in total. The van der Waals surface area contributed by atoms with E-state index in [1.807, 2.05) is 31.2 Å². The van der Waals surface area contributed by atoms with Crippen LogP contribution in [-0.4, -0.2) is 30.1 Å². The predicted molar refractivity (Wildman–Crippen MR) is 87.8 cm³/mol. The van der Waals surface area contributed by atoms with Crippen molar-refractivity contribution >= 4 is 17.5 Å². The molecule has 0 spiro atoms. The zero-order valence-corrected chi connectivity index (χ0v) is 13.2. The van der Waals surface area contributed by atoms with Crippen molar-refractivity contribution in [3.63, 3.8) is 0 Å². The van der Waals surface area contributed by atoms with E-state index >= 15 is 0 Å². The molecule has 1 aliphatic heterocycles. The van der Waals surface area contributed by atoms with Gasteiger partial charge in [0, 0.05) is 0 Å². The summed E-state index contributed by atoms with van der Waals surface area (Å²) in [7, 11) is 0. The van der Waals surface area contributed by atoms with E-state index in [1.165, 1.54) is 5.56 Å². The Morgan fingerprint density at radius 2 is 2.00 bits per heavy atom. The first-order valence-corrected chi connectivity index (χ1v) is 7.48. The van der Waals surface area contributed by atoms with Crippen molar-refractivity contribution in [1.29, 1.82) is 0 Å². The van der Waals surface area contributed by atoms with Gasteiger partial charge in [-0.05, 0) is 38.1 Å². The number of nitrogen functional groups attached to an aromatic ring is 1. The Morgan fingerprint density at radius 3 is 2.74 bits per heavy atom. The first-order valence-electron chi connectivity index (χ1n) is 7.48. The zero-order chi connectivity index (χ0) is 16.4. The Balaban J connectivity index is 1.72. The monoisotopic (exact) mass is 313 g/mol. The molecule has 1 aromatic carbocycles. The Kier molecular flexibility index (Phi) is 4.06. The number of hydrogen-bond donors (Lipinski definition) is 1. The van der Waals surface area contributed by atoms with E-state index in [4.69, 9.17) is 15.2 Å². The summed E-state index contributed by atoms with van der Waals surface area (Å²) in [6.07, 6.45) is -0.549. The molecule has 2 N–H and O–H groups in total. The fourth-order valence-electron chi connectivity index (χ4n) is 2.41. The number of nitrogens with two attached hydrogens (primary N) is 1. The molecule has 0 bridgehead atoms. The van der Waals surface area contributed by atoms with Gasteiger partial charge in [-0.1, -0.05) is 17.7 Å². The van der Waals surface area contributed by atoms with Crippen LogP contribution >= 0.6 is 0 Å². The van der Waals surface area contributed by atoms with Gasteiger partial charge in [-0.25, -0.2) is 4.98 Å². The minimum atomic E-state index is -0.549. The molecule has 0 saturated heterocycles. The minimum absolute atomic E-state index is 0.150. The predicted octanol–water partition coefficient (Wildman–Crippen LogP) is 2.17. The number of benzene rings is 1. The van der Waals surface area contributed by atoms with Crippen molar-refractivity contribution in [2.24, 2.45) is 0 Å². The van der Waals surface area contributed by atoms with E-state index in [9.17, 15) is 4.79 Å². The van der Waals surface area contributed by atoms with Crippen molar-refractivity contribution in [1.82, 2.24) is 4.98 Å². The highest BCUT2D eigenvalue weighted by Gasteiger charge is 2.32. The second kappa shape index (κ2) is 6.16. The molecule has 0 radical (unpaired) electrons. The van der Waals surface area contributed by atoms with Gasteiger partial charge in [0.25, 0.3) is 5.91 Å². The molecule has 1 aromatic heterocycles. The van der Waals surface area contributed by atoms with Crippen LogP contribution in [-0.2, 0) is 4.79 Å². The van der Waals surface area contributed by atoms with Gasteiger partial charge >= 0.3 is 0 Å². The number of aromatic nitrogens is 1. The SMILES string of the molecule is Cc1ccc(OCCN2C(=O)C(C)Oc3ccc(N)nc32)cc1. The number of nitrogens with zero attached hydrogens (tertiary/aromatic N) is 2. The highest BCUT2D eigenvalue weighted by molar-refractivity contribution is 5.98. The number of anilines is 2. The highest BCUT2D eigenvalue weighted by Crippen LogP contribution is 2.32. The number of amides is 1. The van der Waals surface area contributed by atoms with Crippen molar-refractivity contribution in [3.8, 4) is 11.5 Å². The topological polar surface area (TPSA) is 77.7 Å². The second-order valence-corrected chi connectivity index (χ2v) is 5.47. The van der Waals surface area contributed by atoms with Crippen molar-refractivity contribution in [2.75, 3.05) is 23.8 Å². The smallest absolute Gasteiger partial charge is 0.269 e. The summed E-state index contributed by atoms with van der Waals surface area (Å²) in [5.41, 5.74) is 6.89. The van der Waals surface area contributed by atoms with Gasteiger partial charge in [0.15, 0.2) is 17.7 Å². The molecule has 3 rings (SSSR count). The van der Waals surface area contributed by atoms with E-state index in [1.54, 1.807) is 24.0 Å². The number of hydrogen-bond acceptors (Lipinski definition) is 5. The molecule has 0 saturated carbocycles. The third-order valence-electron chi connectivity index (χ3n) is 3.64. The van der Waals surface area contributed by atoms with E-state index in [-0.39, 0.29) is 5.91 Å². The van der Waals surface area contributed by atoms with Crippen LogP contribution in [0, 0.1) is 6.92 Å². The fraction of sp³-hybridized carbons (Fsp3) is 0.294. The summed E-state index contributed by atoms with van der Waals surface area (Å²) in [6, 6.07) is 11.2. The Morgan fingerprint density at radius 1 is 1.26 bits per heavy atom. The molecule has 1 aliphatic rings. The fourth-order valence-corrected chi connectivity index (χ4v) is 2.41. The Bertz CT molecular complexity index is 716. The summed E-state index contributed by atoms with van der Waals surface area (Å²) in [5, 5.41) is 0. The molecule has 0 fully saturated rings. The van der Waals surface area contributed by atoms with Crippen LogP contribution in [0.25, 0.3) is 0 Å². The van der Waals surface area contributed by atoms with Crippen LogP contribution < -0.4 is 20.1 Å². The van der Waals surface area contributed by atoms with Crippen LogP contribution in [0.3, 0.4) is 0 Å². The minimum Gasteiger partial charge on any atom is -0.492 e. The van der Waals surface area contributed by atoms with E-state index in [2.05, 4.69) is 4.98 Å². The summed E-state index contributed by atoms with van der Waals surface area (Å²) >= 11 is 0. The van der Waals surface area contributed by atoms with Crippen LogP contribution in [0.4, 0.5) is 11.6 Å². The van der Waals surface area contributed by atoms with Crippen LogP contribution in [0.2, 0.25) is 0 Å². The Hall–Kier alpha value is -2.76. The average molecular weight is 313 g/mol. The quantitative estimate of drug-likeness (QED) is 0.936. The van der Waals surface area contributed by atoms with Gasteiger partial charge in [0.05, 0.1) is 6.54 Å². The summed E-state index contributed by atoms with van der Waals surface area (Å²) < 4.78 is 11.3. The lowest BCUT2D eigenvalue weighted by molar-refractivity contribution is -0.125. The number of aryl methyl sites for hydroxylation is 1. The molecular formula is C17H19N3O3. The molecule has 0 aliphatic carbocycles. The second-order valence-electron chi connectivity index (χ2n) is 5.47. The van der Waals surface area contributed by atoms with Crippen LogP contribution in [0.1, 0.15) is 12.5 Å². The van der Waals surface area contributed by atoms with Gasteiger partial charge in [0.2, 0.25) is 0 Å². The Labute approximate surface area is 134 Å². The van der Waals surface area contributed by atoms with Gasteiger partial charge in [0.1, 0.15) is 18.2 Å². The molecule has 1 atom stereocenters. The largest absolute Gasteiger partial charge is 0.492 e. The van der Waals surface area contributed by atoms with E-state index in [0.717, 1.165) is 5.75 Å². The number of rotatable bonds is 4. The third kappa shape index (κ3) is 3.21. The van der Waals surface area contributed by atoms with E-state index < -0.39 is 6.10 Å². The van der Waals surface area contributed by atoms with Gasteiger partial charge in [-0.15, -0.1) is 0 Å². The molecule has 2 heterocycles. The molecule has 1 amide bonds. The van der Waals surface area contributed by atoms with Gasteiger partial charge < -0.3 is 15.2 Å². The maximum Gasteiger partial charge on any atom is 0.269 e. The summed E-state index contributed by atoms with van der Waals surface area (Å²) in [6.45, 7) is 4.47. The number of carbonyl (C=O) groups excluding carboxylic acids is 1. The summed E-state index contributed by atoms with van der Waals surface area (Å²) in [4.78, 5) is 18.1. The third-order valence-corrected chi connectivity index (χ3v) is 3.64. The molecule has 120 valence electrons. The van der Waals surface area contributed by atoms with Crippen molar-refractivity contribution in [2.45, 2.75) is 20.0 Å². The standard InChI is InChI=1S/C17H19N3O3/c1-11-3-5-13(6-4-11)22-10-9-20-16-14(7-8-15(18)19-16)23-12(2)17(20)21/h3-8,12H,9-10H2,1-2H3,(H2,18,19). The van der Waals surface area contributed by atoms with Crippen LogP contribution in [0.5, 0.6) is 11.5 Å². The maximum absolute atomic E-state index is 12.4. The van der Waals surface area contributed by atoms with E-state index in [0.29, 0.717) is 30.5 Å². The van der Waals surface area contributed by atoms with Crippen molar-refractivity contribution < 1.29 is 14.3 Å². The van der Waals surface area contributed by atoms with Crippen LogP contribution in [0.15, 0.2) is 36.4 Å². The lowest BCUT2D eigenvalue weighted by atomic mass is 10.2. The normalized spacial score (nSPS) is 16.7. The number of pyridine rings is 1. The molecule has 6 heteroatoms. The zero-order valence-electron chi connectivity index (χ0n) is 13.2. The van der Waals surface area contributed by atoms with Gasteiger partial charge in [-0.3, -0.25) is 9.69 Å². The van der Waals surface area contributed by atoms with Gasteiger partial charge in [-0.2, -0.15) is 0 Å². The number of carbonyl (C=O) groups is 1. The molecular weight excluding hydrogens is 294 g/mol. The first-order chi connectivity index (χ1) is 11.0. The molecule has 23 heavy (non-hydrogen) atoms. The number of ether oxygens (including phenoxy) is 2. The lowest BCUT2D eigenvalue weighted by Crippen LogP contribution is -2.46. The highest BCUT2D eigenvalue weighted by atomic mass is 16.5. The number of fused-ring (bicyclic) bond motifs is 1. The summed E-state index contributed by atoms with van der Waals surface area (Å²) in [5.74, 6) is 1.97. The first kappa shape index (κ1) is 15.1. The lowest BCUT2D eigenvalue weighted by Gasteiger charge is -2.31. The van der Waals surface area contributed by atoms with Crippen molar-refractivity contribution in [3.05, 3.63) is 42.0 Å². The molecule has 2 aromatic rings.